The third kappa shape index (κ3) is 3.53. The van der Waals surface area contributed by atoms with E-state index in [0.717, 1.165) is 24.0 Å². The molecule has 8 heteroatoms. The summed E-state index contributed by atoms with van der Waals surface area (Å²) in [7, 11) is 0. The predicted octanol–water partition coefficient (Wildman–Crippen LogP) is 3.68. The van der Waals surface area contributed by atoms with Crippen molar-refractivity contribution in [1.82, 2.24) is 15.3 Å². The number of carbonyl (C=O) groups excluding carboxylic acids is 1. The van der Waals surface area contributed by atoms with Crippen molar-refractivity contribution in [2.75, 3.05) is 6.61 Å². The lowest BCUT2D eigenvalue weighted by molar-refractivity contribution is -0.124. The van der Waals surface area contributed by atoms with E-state index in [1.165, 1.54) is 29.8 Å². The van der Waals surface area contributed by atoms with Gasteiger partial charge in [-0.15, -0.1) is 11.3 Å². The molecule has 0 spiro atoms. The number of carbonyl (C=O) groups is 1. The van der Waals surface area contributed by atoms with E-state index in [4.69, 9.17) is 4.74 Å². The molecule has 0 saturated heterocycles. The van der Waals surface area contributed by atoms with Gasteiger partial charge in [0.2, 0.25) is 5.88 Å². The summed E-state index contributed by atoms with van der Waals surface area (Å²) in [6.45, 7) is 1.48. The number of benzene rings is 1. The second-order valence-corrected chi connectivity index (χ2v) is 7.80. The van der Waals surface area contributed by atoms with Crippen molar-refractivity contribution in [2.45, 2.75) is 25.3 Å². The largest absolute Gasteiger partial charge is 0.467 e. The van der Waals surface area contributed by atoms with E-state index in [1.807, 2.05) is 5.38 Å². The van der Waals surface area contributed by atoms with Gasteiger partial charge in [0.25, 0.3) is 5.91 Å². The Balaban J connectivity index is 1.56. The van der Waals surface area contributed by atoms with Crippen LogP contribution < -0.4 is 10.1 Å². The van der Waals surface area contributed by atoms with E-state index in [2.05, 4.69) is 21.4 Å². The number of nitriles is 1. The predicted molar refractivity (Wildman–Crippen MR) is 103 cm³/mol. The van der Waals surface area contributed by atoms with Gasteiger partial charge >= 0.3 is 0 Å². The lowest BCUT2D eigenvalue weighted by Gasteiger charge is -2.22. The van der Waals surface area contributed by atoms with Gasteiger partial charge in [0.05, 0.1) is 11.5 Å². The molecule has 1 amide bonds. The first kappa shape index (κ1) is 18.3. The first-order valence-electron chi connectivity index (χ1n) is 8.83. The molecule has 1 unspecified atom stereocenters. The molecule has 0 radical (unpaired) electrons. The van der Waals surface area contributed by atoms with Crippen LogP contribution in [-0.2, 0) is 4.79 Å². The van der Waals surface area contributed by atoms with E-state index in [9.17, 15) is 14.4 Å². The number of halogens is 1. The Morgan fingerprint density at radius 2 is 2.14 bits per heavy atom. The quantitative estimate of drug-likeness (QED) is 0.687. The van der Waals surface area contributed by atoms with Gasteiger partial charge in [-0.05, 0) is 43.4 Å². The molecule has 2 heterocycles. The summed E-state index contributed by atoms with van der Waals surface area (Å²) in [5.41, 5.74) is 0.752. The number of rotatable bonds is 6. The van der Waals surface area contributed by atoms with Crippen molar-refractivity contribution in [3.8, 4) is 23.1 Å². The number of nitrogens with zero attached hydrogens (tertiary/aromatic N) is 3. The van der Waals surface area contributed by atoms with E-state index in [-0.39, 0.29) is 30.1 Å². The van der Waals surface area contributed by atoms with E-state index in [1.54, 1.807) is 19.1 Å². The zero-order valence-electron chi connectivity index (χ0n) is 15.1. The van der Waals surface area contributed by atoms with Crippen LogP contribution in [0.5, 0.6) is 5.88 Å². The van der Waals surface area contributed by atoms with Crippen molar-refractivity contribution in [3.63, 3.8) is 0 Å². The molecule has 1 aliphatic carbocycles. The van der Waals surface area contributed by atoms with Crippen LogP contribution in [0.2, 0.25) is 0 Å². The molecule has 3 aromatic rings. The van der Waals surface area contributed by atoms with Crippen molar-refractivity contribution in [1.29, 1.82) is 5.26 Å². The Morgan fingerprint density at radius 1 is 1.39 bits per heavy atom. The molecule has 1 aromatic carbocycles. The highest BCUT2D eigenvalue weighted by Gasteiger charge is 2.43. The summed E-state index contributed by atoms with van der Waals surface area (Å²) >= 11 is 1.42. The van der Waals surface area contributed by atoms with Crippen LogP contribution in [-0.4, -0.2) is 28.0 Å². The number of thiophene rings is 1. The second-order valence-electron chi connectivity index (χ2n) is 6.94. The first-order valence-corrected chi connectivity index (χ1v) is 9.71. The zero-order chi connectivity index (χ0) is 19.7. The topological polar surface area (TPSA) is 87.9 Å². The van der Waals surface area contributed by atoms with Crippen LogP contribution in [0.15, 0.2) is 36.0 Å². The molecule has 4 rings (SSSR count). The Morgan fingerprint density at radius 3 is 2.82 bits per heavy atom. The Hall–Kier alpha value is -3.05. The highest BCUT2D eigenvalue weighted by atomic mass is 32.1. The molecule has 1 N–H and O–H groups in total. The van der Waals surface area contributed by atoms with Crippen LogP contribution in [0, 0.1) is 23.1 Å². The maximum atomic E-state index is 13.2. The normalized spacial score (nSPS) is 15.6. The second kappa shape index (κ2) is 7.17. The van der Waals surface area contributed by atoms with Crippen LogP contribution in [0.1, 0.15) is 19.8 Å². The molecular weight excluding hydrogens is 379 g/mol. The summed E-state index contributed by atoms with van der Waals surface area (Å²) in [6.07, 6.45) is 3.26. The van der Waals surface area contributed by atoms with Gasteiger partial charge in [-0.1, -0.05) is 12.1 Å². The van der Waals surface area contributed by atoms with Gasteiger partial charge in [0, 0.05) is 10.9 Å². The number of hydrogen-bond donors (Lipinski definition) is 1. The molecule has 0 bridgehead atoms. The fourth-order valence-electron chi connectivity index (χ4n) is 3.14. The Kier molecular flexibility index (Phi) is 4.69. The number of fused-ring (bicyclic) bond motifs is 1. The molecule has 142 valence electrons. The molecule has 28 heavy (non-hydrogen) atoms. The molecule has 1 fully saturated rings. The number of amides is 1. The fraction of sp³-hybridized carbons (Fsp3) is 0.300. The van der Waals surface area contributed by atoms with E-state index >= 15 is 0 Å². The molecule has 1 saturated carbocycles. The van der Waals surface area contributed by atoms with Crippen LogP contribution in [0.3, 0.4) is 0 Å². The minimum atomic E-state index is -0.872. The van der Waals surface area contributed by atoms with Gasteiger partial charge in [-0.25, -0.2) is 14.4 Å². The average Bonchev–Trinajstić information content (AvgIpc) is 3.47. The summed E-state index contributed by atoms with van der Waals surface area (Å²) in [5.74, 6) is -0.217. The van der Waals surface area contributed by atoms with Gasteiger partial charge < -0.3 is 10.1 Å². The van der Waals surface area contributed by atoms with E-state index < -0.39 is 5.54 Å². The maximum Gasteiger partial charge on any atom is 0.259 e. The summed E-state index contributed by atoms with van der Waals surface area (Å²) in [6, 6.07) is 8.31. The molecule has 1 atom stereocenters. The fourth-order valence-corrected chi connectivity index (χ4v) is 4.05. The molecule has 0 aliphatic heterocycles. The van der Waals surface area contributed by atoms with Crippen LogP contribution in [0.25, 0.3) is 21.3 Å². The molecule has 1 aliphatic rings. The Bertz CT molecular complexity index is 1070. The average molecular weight is 396 g/mol. The highest BCUT2D eigenvalue weighted by molar-refractivity contribution is 7.17. The number of nitrogens with one attached hydrogen (secondary N) is 1. The van der Waals surface area contributed by atoms with Gasteiger partial charge in [-0.2, -0.15) is 5.26 Å². The third-order valence-corrected chi connectivity index (χ3v) is 5.74. The lowest BCUT2D eigenvalue weighted by atomic mass is 9.98. The highest BCUT2D eigenvalue weighted by Crippen LogP contribution is 2.39. The Labute approximate surface area is 165 Å². The number of ether oxygens (including phenoxy) is 1. The van der Waals surface area contributed by atoms with E-state index in [0.29, 0.717) is 10.2 Å². The van der Waals surface area contributed by atoms with Crippen LogP contribution >= 0.6 is 11.3 Å². The third-order valence-electron chi connectivity index (χ3n) is 4.86. The number of aromatic nitrogens is 2. The smallest absolute Gasteiger partial charge is 0.259 e. The van der Waals surface area contributed by atoms with Gasteiger partial charge in [-0.3, -0.25) is 4.79 Å². The molecule has 2 aromatic heterocycles. The maximum absolute atomic E-state index is 13.2. The summed E-state index contributed by atoms with van der Waals surface area (Å²) < 4.78 is 18.9. The first-order chi connectivity index (χ1) is 13.5. The SMILES string of the molecule is CC(C#N)(NC(=O)COc1ncnc2scc(-c3ccc(F)cc3)c12)C1CC1. The number of hydrogen-bond acceptors (Lipinski definition) is 6. The monoisotopic (exact) mass is 396 g/mol. The minimum Gasteiger partial charge on any atom is -0.467 e. The summed E-state index contributed by atoms with van der Waals surface area (Å²) in [4.78, 5) is 21.5. The summed E-state index contributed by atoms with van der Waals surface area (Å²) in [5, 5.41) is 14.7. The minimum absolute atomic E-state index is 0.189. The van der Waals surface area contributed by atoms with Crippen molar-refractivity contribution in [3.05, 3.63) is 41.8 Å². The lowest BCUT2D eigenvalue weighted by Crippen LogP contribution is -2.48. The van der Waals surface area contributed by atoms with Crippen molar-refractivity contribution < 1.29 is 13.9 Å². The molecular formula is C20H17FN4O2S. The zero-order valence-corrected chi connectivity index (χ0v) is 15.9. The van der Waals surface area contributed by atoms with Crippen LogP contribution in [0.4, 0.5) is 4.39 Å². The van der Waals surface area contributed by atoms with Crippen molar-refractivity contribution in [2.24, 2.45) is 5.92 Å². The van der Waals surface area contributed by atoms with Gasteiger partial charge in [0.15, 0.2) is 6.61 Å². The van der Waals surface area contributed by atoms with Crippen molar-refractivity contribution >= 4 is 27.5 Å². The van der Waals surface area contributed by atoms with Gasteiger partial charge in [0.1, 0.15) is 22.5 Å². The molecule has 6 nitrogen and oxygen atoms in total. The standard InChI is InChI=1S/C20H17FN4O2S/c1-20(10-22,13-4-5-13)25-16(26)8-27-18-17-15(9-28-19(17)24-11-23-18)12-2-6-14(21)7-3-12/h2-3,6-7,9,11,13H,4-5,8H2,1H3,(H,25,26).